The van der Waals surface area contributed by atoms with Crippen molar-refractivity contribution in [3.63, 3.8) is 0 Å². The lowest BCUT2D eigenvalue weighted by Crippen LogP contribution is -2.43. The Kier molecular flexibility index (Phi) is 6.85. The van der Waals surface area contributed by atoms with E-state index >= 15 is 0 Å². The van der Waals surface area contributed by atoms with E-state index in [2.05, 4.69) is 4.74 Å². The Balaban J connectivity index is 2.64. The second-order valence-electron chi connectivity index (χ2n) is 4.25. The van der Waals surface area contributed by atoms with Gasteiger partial charge in [-0.1, -0.05) is 29.6 Å². The summed E-state index contributed by atoms with van der Waals surface area (Å²) in [6.07, 6.45) is 2.71. The van der Waals surface area contributed by atoms with Gasteiger partial charge < -0.3 is 14.2 Å². The van der Waals surface area contributed by atoms with Crippen LogP contribution >= 0.6 is 34.8 Å². The van der Waals surface area contributed by atoms with E-state index in [4.69, 9.17) is 44.3 Å². The number of carbonyl (C=O) groups is 1. The highest BCUT2D eigenvalue weighted by Crippen LogP contribution is 2.40. The number of hydrogen-bond acceptors (Lipinski definition) is 4. The van der Waals surface area contributed by atoms with Gasteiger partial charge in [0, 0.05) is 13.0 Å². The molecule has 0 aromatic heterocycles. The van der Waals surface area contributed by atoms with E-state index in [0.717, 1.165) is 19.3 Å². The molecule has 1 saturated carbocycles. The SMILES string of the molecule is CO[C@@H]1CCC[C@@H]([C@@](Cl)(CCl)OC(=O)OCCl)C1. The monoisotopic (exact) mass is 318 g/mol. The summed E-state index contributed by atoms with van der Waals surface area (Å²) in [5, 5.41) is -1.26. The third kappa shape index (κ3) is 4.34. The van der Waals surface area contributed by atoms with Crippen LogP contribution in [0.5, 0.6) is 0 Å². The molecule has 106 valence electrons. The van der Waals surface area contributed by atoms with Crippen molar-refractivity contribution in [3.8, 4) is 0 Å². The zero-order chi connectivity index (χ0) is 13.6. The molecule has 0 aromatic rings. The third-order valence-electron chi connectivity index (χ3n) is 3.18. The molecule has 1 fully saturated rings. The summed E-state index contributed by atoms with van der Waals surface area (Å²) >= 11 is 17.4. The lowest BCUT2D eigenvalue weighted by molar-refractivity contribution is -0.0357. The van der Waals surface area contributed by atoms with Crippen molar-refractivity contribution in [1.29, 1.82) is 0 Å². The minimum absolute atomic E-state index is 0.00690. The maximum atomic E-state index is 11.3. The standard InChI is InChI=1S/C11H17Cl3O4/c1-16-9-4-2-3-8(5-9)11(14,6-12)18-10(15)17-7-13/h8-9H,2-7H2,1H3/t8-,9-,11-/m1/s1. The summed E-state index contributed by atoms with van der Waals surface area (Å²) in [6.45, 7) is 0. The van der Waals surface area contributed by atoms with Gasteiger partial charge in [-0.3, -0.25) is 0 Å². The first-order chi connectivity index (χ1) is 8.55. The molecule has 0 radical (unpaired) electrons. The van der Waals surface area contributed by atoms with Crippen molar-refractivity contribution in [2.75, 3.05) is 19.1 Å². The van der Waals surface area contributed by atoms with Crippen LogP contribution in [0, 0.1) is 5.92 Å². The maximum Gasteiger partial charge on any atom is 0.511 e. The Bertz CT molecular complexity index is 277. The highest BCUT2D eigenvalue weighted by molar-refractivity contribution is 6.30. The summed E-state index contributed by atoms with van der Waals surface area (Å²) in [4.78, 5) is 11.3. The number of carbonyl (C=O) groups excluding carboxylic acids is 1. The zero-order valence-corrected chi connectivity index (χ0v) is 12.4. The third-order valence-corrected chi connectivity index (χ3v) is 4.34. The molecule has 0 aliphatic heterocycles. The van der Waals surface area contributed by atoms with Crippen molar-refractivity contribution >= 4 is 41.0 Å². The van der Waals surface area contributed by atoms with E-state index in [1.54, 1.807) is 7.11 Å². The fourth-order valence-corrected chi connectivity index (χ4v) is 2.81. The molecular formula is C11H17Cl3O4. The van der Waals surface area contributed by atoms with Crippen molar-refractivity contribution in [2.24, 2.45) is 5.92 Å². The second kappa shape index (κ2) is 7.63. The van der Waals surface area contributed by atoms with E-state index in [1.807, 2.05) is 0 Å². The van der Waals surface area contributed by atoms with Crippen LogP contribution in [0.3, 0.4) is 0 Å². The predicted octanol–water partition coefficient (Wildman–Crippen LogP) is 3.72. The first kappa shape index (κ1) is 16.2. The summed E-state index contributed by atoms with van der Waals surface area (Å²) in [5.41, 5.74) is 0. The average molecular weight is 320 g/mol. The summed E-state index contributed by atoms with van der Waals surface area (Å²) in [7, 11) is 1.66. The molecule has 0 heterocycles. The Morgan fingerprint density at radius 1 is 1.39 bits per heavy atom. The van der Waals surface area contributed by atoms with Gasteiger partial charge in [0.1, 0.15) is 0 Å². The van der Waals surface area contributed by atoms with Crippen molar-refractivity contribution in [2.45, 2.75) is 36.8 Å². The predicted molar refractivity (Wildman–Crippen MR) is 70.3 cm³/mol. The van der Waals surface area contributed by atoms with Crippen LogP contribution in [0.2, 0.25) is 0 Å². The molecule has 0 aromatic carbocycles. The highest BCUT2D eigenvalue weighted by Gasteiger charge is 2.43. The maximum absolute atomic E-state index is 11.3. The van der Waals surface area contributed by atoms with E-state index in [0.29, 0.717) is 6.42 Å². The number of alkyl halides is 3. The van der Waals surface area contributed by atoms with Crippen LogP contribution < -0.4 is 0 Å². The molecule has 0 unspecified atom stereocenters. The molecule has 3 atom stereocenters. The summed E-state index contributed by atoms with van der Waals surface area (Å²) in [6, 6.07) is -0.278. The lowest BCUT2D eigenvalue weighted by Gasteiger charge is -2.37. The van der Waals surface area contributed by atoms with Crippen LogP contribution in [0.25, 0.3) is 0 Å². The average Bonchev–Trinajstić information content (AvgIpc) is 2.39. The normalized spacial score (nSPS) is 27.3. The molecule has 18 heavy (non-hydrogen) atoms. The minimum atomic E-state index is -1.26. The first-order valence-electron chi connectivity index (χ1n) is 5.75. The molecular weight excluding hydrogens is 302 g/mol. The van der Waals surface area contributed by atoms with Gasteiger partial charge >= 0.3 is 6.16 Å². The quantitative estimate of drug-likeness (QED) is 0.572. The molecule has 7 heteroatoms. The van der Waals surface area contributed by atoms with E-state index in [-0.39, 0.29) is 24.0 Å². The Morgan fingerprint density at radius 3 is 2.67 bits per heavy atom. The number of hydrogen-bond donors (Lipinski definition) is 0. The smallest absolute Gasteiger partial charge is 0.418 e. The largest absolute Gasteiger partial charge is 0.511 e. The Labute approximate surface area is 122 Å². The fraction of sp³-hybridized carbons (Fsp3) is 0.909. The van der Waals surface area contributed by atoms with Crippen LogP contribution in [0.4, 0.5) is 4.79 Å². The number of rotatable bonds is 5. The minimum Gasteiger partial charge on any atom is -0.418 e. The fourth-order valence-electron chi connectivity index (χ4n) is 2.18. The van der Waals surface area contributed by atoms with E-state index in [1.165, 1.54) is 0 Å². The first-order valence-corrected chi connectivity index (χ1v) is 7.19. The number of ether oxygens (including phenoxy) is 3. The van der Waals surface area contributed by atoms with Crippen LogP contribution in [0.15, 0.2) is 0 Å². The molecule has 0 spiro atoms. The molecule has 0 saturated heterocycles. The van der Waals surface area contributed by atoms with Crippen molar-refractivity contribution < 1.29 is 19.0 Å². The number of halogens is 3. The van der Waals surface area contributed by atoms with Gasteiger partial charge in [0.05, 0.1) is 12.0 Å². The molecule has 1 aliphatic carbocycles. The van der Waals surface area contributed by atoms with Gasteiger partial charge in [-0.15, -0.1) is 11.6 Å². The lowest BCUT2D eigenvalue weighted by atomic mass is 9.83. The van der Waals surface area contributed by atoms with Crippen LogP contribution in [-0.4, -0.2) is 36.4 Å². The van der Waals surface area contributed by atoms with Crippen LogP contribution in [-0.2, 0) is 14.2 Å². The molecule has 0 bridgehead atoms. The Morgan fingerprint density at radius 2 is 2.11 bits per heavy atom. The van der Waals surface area contributed by atoms with Crippen molar-refractivity contribution in [1.82, 2.24) is 0 Å². The van der Waals surface area contributed by atoms with Gasteiger partial charge in [0.15, 0.2) is 6.07 Å². The van der Waals surface area contributed by atoms with E-state index in [9.17, 15) is 4.79 Å². The molecule has 1 aliphatic rings. The van der Waals surface area contributed by atoms with Gasteiger partial charge in [-0.05, 0) is 19.3 Å². The molecule has 4 nitrogen and oxygen atoms in total. The molecule has 1 rings (SSSR count). The van der Waals surface area contributed by atoms with Gasteiger partial charge in [-0.25, -0.2) is 4.79 Å². The van der Waals surface area contributed by atoms with Crippen molar-refractivity contribution in [3.05, 3.63) is 0 Å². The summed E-state index contributed by atoms with van der Waals surface area (Å²) < 4.78 is 14.9. The zero-order valence-electron chi connectivity index (χ0n) is 10.2. The Hall–Kier alpha value is 0.1000. The van der Waals surface area contributed by atoms with Gasteiger partial charge in [0.2, 0.25) is 5.06 Å². The second-order valence-corrected chi connectivity index (χ2v) is 5.37. The highest BCUT2D eigenvalue weighted by atomic mass is 35.5. The van der Waals surface area contributed by atoms with Crippen LogP contribution in [0.1, 0.15) is 25.7 Å². The summed E-state index contributed by atoms with van der Waals surface area (Å²) in [5.74, 6) is -0.0641. The molecule has 0 amide bonds. The number of methoxy groups -OCH3 is 1. The molecule has 0 N–H and O–H groups in total. The van der Waals surface area contributed by atoms with Gasteiger partial charge in [0.25, 0.3) is 0 Å². The van der Waals surface area contributed by atoms with E-state index < -0.39 is 11.2 Å². The van der Waals surface area contributed by atoms with Gasteiger partial charge in [-0.2, -0.15) is 0 Å². The topological polar surface area (TPSA) is 44.8 Å².